The first-order chi connectivity index (χ1) is 9.50. The molecule has 3 rings (SSSR count). The van der Waals surface area contributed by atoms with Gasteiger partial charge in [-0.05, 0) is 55.1 Å². The summed E-state index contributed by atoms with van der Waals surface area (Å²) >= 11 is 0. The summed E-state index contributed by atoms with van der Waals surface area (Å²) in [6.45, 7) is 4.92. The molecule has 2 aliphatic rings. The number of rotatable bonds is 5. The number of anilines is 1. The van der Waals surface area contributed by atoms with Gasteiger partial charge in [-0.15, -0.1) is 0 Å². The molecule has 0 radical (unpaired) electrons. The van der Waals surface area contributed by atoms with E-state index in [0.29, 0.717) is 16.8 Å². The lowest BCUT2D eigenvalue weighted by atomic mass is 10.0. The number of nitrogen functional groups attached to an aromatic ring is 1. The second-order valence-corrected chi connectivity index (χ2v) is 6.68. The van der Waals surface area contributed by atoms with Crippen molar-refractivity contribution >= 4 is 11.7 Å². The molecular formula is C16H23N3O. The van der Waals surface area contributed by atoms with Crippen molar-refractivity contribution in [3.8, 4) is 0 Å². The van der Waals surface area contributed by atoms with Crippen molar-refractivity contribution in [2.45, 2.75) is 45.4 Å². The minimum atomic E-state index is -0.0204. The first-order valence-electron chi connectivity index (χ1n) is 7.56. The van der Waals surface area contributed by atoms with E-state index in [0.717, 1.165) is 18.2 Å². The van der Waals surface area contributed by atoms with Gasteiger partial charge in [-0.1, -0.05) is 13.8 Å². The second kappa shape index (κ2) is 4.76. The Balaban J connectivity index is 1.67. The molecule has 108 valence electrons. The highest BCUT2D eigenvalue weighted by atomic mass is 16.1. The molecule has 0 unspecified atom stereocenters. The van der Waals surface area contributed by atoms with Crippen molar-refractivity contribution in [2.75, 3.05) is 12.3 Å². The van der Waals surface area contributed by atoms with Crippen LogP contribution in [0.25, 0.3) is 0 Å². The Morgan fingerprint density at radius 3 is 2.70 bits per heavy atom. The maximum atomic E-state index is 12.3. The van der Waals surface area contributed by atoms with Crippen LogP contribution in [-0.2, 0) is 0 Å². The molecule has 3 N–H and O–H groups in total. The number of hydrogen-bond acceptors (Lipinski definition) is 3. The van der Waals surface area contributed by atoms with E-state index in [9.17, 15) is 4.79 Å². The van der Waals surface area contributed by atoms with Crippen LogP contribution in [-0.4, -0.2) is 17.4 Å². The molecule has 0 bridgehead atoms. The third-order valence-corrected chi connectivity index (χ3v) is 4.66. The van der Waals surface area contributed by atoms with Gasteiger partial charge in [0.05, 0.1) is 0 Å². The minimum absolute atomic E-state index is 0.0204. The summed E-state index contributed by atoms with van der Waals surface area (Å²) in [5.41, 5.74) is 7.73. The maximum absolute atomic E-state index is 12.3. The zero-order valence-corrected chi connectivity index (χ0v) is 12.3. The van der Waals surface area contributed by atoms with E-state index in [-0.39, 0.29) is 11.8 Å². The van der Waals surface area contributed by atoms with Crippen LogP contribution in [0.1, 0.15) is 61.5 Å². The van der Waals surface area contributed by atoms with Crippen molar-refractivity contribution < 1.29 is 4.79 Å². The first kappa shape index (κ1) is 13.4. The van der Waals surface area contributed by atoms with Crippen molar-refractivity contribution in [3.05, 3.63) is 23.4 Å². The Bertz CT molecular complexity index is 531. The fraction of sp³-hybridized carbons (Fsp3) is 0.625. The molecule has 4 nitrogen and oxygen atoms in total. The smallest absolute Gasteiger partial charge is 0.251 e. The van der Waals surface area contributed by atoms with E-state index in [4.69, 9.17) is 5.73 Å². The molecule has 4 heteroatoms. The van der Waals surface area contributed by atoms with E-state index in [1.54, 1.807) is 6.07 Å². The zero-order chi connectivity index (χ0) is 14.3. The van der Waals surface area contributed by atoms with Crippen LogP contribution in [0.15, 0.2) is 12.1 Å². The third kappa shape index (κ3) is 2.65. The second-order valence-electron chi connectivity index (χ2n) is 6.68. The topological polar surface area (TPSA) is 68.0 Å². The van der Waals surface area contributed by atoms with E-state index >= 15 is 0 Å². The highest BCUT2D eigenvalue weighted by Crippen LogP contribution is 2.60. The van der Waals surface area contributed by atoms with Gasteiger partial charge < -0.3 is 11.1 Å². The molecule has 0 saturated heterocycles. The number of nitrogens with two attached hydrogens (primary N) is 1. The maximum Gasteiger partial charge on any atom is 0.251 e. The van der Waals surface area contributed by atoms with Gasteiger partial charge in [0, 0.05) is 17.8 Å². The van der Waals surface area contributed by atoms with Crippen molar-refractivity contribution in [3.63, 3.8) is 0 Å². The molecule has 2 aliphatic carbocycles. The van der Waals surface area contributed by atoms with E-state index < -0.39 is 0 Å². The summed E-state index contributed by atoms with van der Waals surface area (Å²) in [7, 11) is 0. The van der Waals surface area contributed by atoms with Gasteiger partial charge >= 0.3 is 0 Å². The minimum Gasteiger partial charge on any atom is -0.384 e. The number of carbonyl (C=O) groups excluding carboxylic acids is 1. The van der Waals surface area contributed by atoms with Crippen molar-refractivity contribution in [1.82, 2.24) is 10.3 Å². The normalized spacial score (nSPS) is 19.9. The Kier molecular flexibility index (Phi) is 3.19. The lowest BCUT2D eigenvalue weighted by Gasteiger charge is -2.15. The Morgan fingerprint density at radius 1 is 1.45 bits per heavy atom. The van der Waals surface area contributed by atoms with Crippen LogP contribution in [0.2, 0.25) is 0 Å². The van der Waals surface area contributed by atoms with E-state index in [1.165, 1.54) is 25.7 Å². The molecular weight excluding hydrogens is 250 g/mol. The molecule has 0 aliphatic heterocycles. The van der Waals surface area contributed by atoms with Gasteiger partial charge in [0.25, 0.3) is 5.91 Å². The highest BCUT2D eigenvalue weighted by Gasteiger charge is 2.53. The van der Waals surface area contributed by atoms with Crippen molar-refractivity contribution in [2.24, 2.45) is 11.3 Å². The SMILES string of the molecule is CC(C)c1cc(C(=O)NCC2(C3CC3)CC2)cc(N)n1. The monoisotopic (exact) mass is 273 g/mol. The van der Waals surface area contributed by atoms with Gasteiger partial charge in [-0.3, -0.25) is 4.79 Å². The third-order valence-electron chi connectivity index (χ3n) is 4.66. The average Bonchev–Trinajstić information content (AvgIpc) is 3.27. The molecule has 0 spiro atoms. The fourth-order valence-electron chi connectivity index (χ4n) is 2.94. The molecule has 2 fully saturated rings. The molecule has 20 heavy (non-hydrogen) atoms. The Morgan fingerprint density at radius 2 is 2.15 bits per heavy atom. The van der Waals surface area contributed by atoms with E-state index in [2.05, 4.69) is 24.1 Å². The molecule has 2 saturated carbocycles. The Labute approximate surface area is 120 Å². The fourth-order valence-corrected chi connectivity index (χ4v) is 2.94. The van der Waals surface area contributed by atoms with Gasteiger partial charge in [0.2, 0.25) is 0 Å². The summed E-state index contributed by atoms with van der Waals surface area (Å²) in [6.07, 6.45) is 5.23. The van der Waals surface area contributed by atoms with Gasteiger partial charge in [0.1, 0.15) is 5.82 Å². The number of nitrogens with one attached hydrogen (secondary N) is 1. The summed E-state index contributed by atoms with van der Waals surface area (Å²) in [5, 5.41) is 3.09. The summed E-state index contributed by atoms with van der Waals surface area (Å²) in [4.78, 5) is 16.6. The largest absolute Gasteiger partial charge is 0.384 e. The van der Waals surface area contributed by atoms with E-state index in [1.807, 2.05) is 6.07 Å². The predicted octanol–water partition coefficient (Wildman–Crippen LogP) is 2.71. The lowest BCUT2D eigenvalue weighted by molar-refractivity contribution is 0.0942. The van der Waals surface area contributed by atoms with Gasteiger partial charge in [0.15, 0.2) is 0 Å². The first-order valence-corrected chi connectivity index (χ1v) is 7.56. The standard InChI is InChI=1S/C16H23N3O/c1-10(2)13-7-11(8-14(17)19-13)15(20)18-9-16(5-6-16)12-3-4-12/h7-8,10,12H,3-6,9H2,1-2H3,(H2,17,19)(H,18,20). The predicted molar refractivity (Wildman–Crippen MR) is 79.5 cm³/mol. The van der Waals surface area contributed by atoms with Crippen LogP contribution in [0, 0.1) is 11.3 Å². The van der Waals surface area contributed by atoms with Gasteiger partial charge in [-0.25, -0.2) is 4.98 Å². The number of pyridine rings is 1. The van der Waals surface area contributed by atoms with Crippen LogP contribution < -0.4 is 11.1 Å². The Hall–Kier alpha value is -1.58. The molecule has 1 aromatic heterocycles. The molecule has 0 aromatic carbocycles. The van der Waals surface area contributed by atoms with Crippen LogP contribution in [0.4, 0.5) is 5.82 Å². The van der Waals surface area contributed by atoms with Crippen LogP contribution in [0.5, 0.6) is 0 Å². The lowest BCUT2D eigenvalue weighted by Crippen LogP contribution is -2.31. The molecule has 1 amide bonds. The molecule has 1 heterocycles. The average molecular weight is 273 g/mol. The van der Waals surface area contributed by atoms with Crippen LogP contribution in [0.3, 0.4) is 0 Å². The number of nitrogens with zero attached hydrogens (tertiary/aromatic N) is 1. The summed E-state index contributed by atoms with van der Waals surface area (Å²) in [6, 6.07) is 3.52. The van der Waals surface area contributed by atoms with Crippen molar-refractivity contribution in [1.29, 1.82) is 0 Å². The summed E-state index contributed by atoms with van der Waals surface area (Å²) < 4.78 is 0. The summed E-state index contributed by atoms with van der Waals surface area (Å²) in [5.74, 6) is 1.53. The molecule has 1 aromatic rings. The molecule has 0 atom stereocenters. The number of carbonyl (C=O) groups is 1. The zero-order valence-electron chi connectivity index (χ0n) is 12.3. The number of amides is 1. The number of hydrogen-bond donors (Lipinski definition) is 2. The highest BCUT2D eigenvalue weighted by molar-refractivity contribution is 5.95. The van der Waals surface area contributed by atoms with Crippen LogP contribution >= 0.6 is 0 Å². The number of aromatic nitrogens is 1. The van der Waals surface area contributed by atoms with Gasteiger partial charge in [-0.2, -0.15) is 0 Å². The quantitative estimate of drug-likeness (QED) is 0.866.